The Morgan fingerprint density at radius 2 is 1.95 bits per heavy atom. The zero-order valence-corrected chi connectivity index (χ0v) is 12.4. The summed E-state index contributed by atoms with van der Waals surface area (Å²) in [5, 5.41) is 13.2. The number of aromatic hydroxyl groups is 1. The Morgan fingerprint density at radius 3 is 2.62 bits per heavy atom. The monoisotopic (exact) mass is 305 g/mol. The molecule has 0 saturated carbocycles. The van der Waals surface area contributed by atoms with E-state index >= 15 is 0 Å². The molecule has 0 radical (unpaired) electrons. The number of benzene rings is 2. The maximum absolute atomic E-state index is 12.0. The van der Waals surface area contributed by atoms with Crippen LogP contribution in [0.5, 0.6) is 11.5 Å². The quantitative estimate of drug-likeness (QED) is 0.892. The van der Waals surface area contributed by atoms with E-state index in [4.69, 9.17) is 16.3 Å². The molecule has 2 aromatic rings. The molecule has 110 valence electrons. The lowest BCUT2D eigenvalue weighted by molar-refractivity contribution is 0.0951. The Kier molecular flexibility index (Phi) is 5.06. The van der Waals surface area contributed by atoms with Crippen LogP contribution in [-0.2, 0) is 6.42 Å². The van der Waals surface area contributed by atoms with Gasteiger partial charge >= 0.3 is 0 Å². The van der Waals surface area contributed by atoms with Crippen molar-refractivity contribution < 1.29 is 14.6 Å². The predicted octanol–water partition coefficient (Wildman–Crippen LogP) is 3.03. The van der Waals surface area contributed by atoms with Crippen molar-refractivity contribution in [1.82, 2.24) is 5.32 Å². The van der Waals surface area contributed by atoms with Crippen molar-refractivity contribution in [3.63, 3.8) is 0 Å². The molecule has 0 aromatic heterocycles. The number of phenolic OH excluding ortho intramolecular Hbond substituents is 1. The summed E-state index contributed by atoms with van der Waals surface area (Å²) in [5.74, 6) is 0.121. The molecule has 0 atom stereocenters. The summed E-state index contributed by atoms with van der Waals surface area (Å²) in [4.78, 5) is 12.0. The van der Waals surface area contributed by atoms with Crippen LogP contribution >= 0.6 is 11.6 Å². The van der Waals surface area contributed by atoms with Crippen molar-refractivity contribution >= 4 is 17.5 Å². The lowest BCUT2D eigenvalue weighted by atomic mass is 10.1. The molecule has 21 heavy (non-hydrogen) atoms. The molecule has 0 fully saturated rings. The zero-order valence-electron chi connectivity index (χ0n) is 11.6. The van der Waals surface area contributed by atoms with Crippen molar-refractivity contribution in [2.24, 2.45) is 0 Å². The average molecular weight is 306 g/mol. The number of ether oxygens (including phenoxy) is 1. The van der Waals surface area contributed by atoms with Gasteiger partial charge in [-0.15, -0.1) is 0 Å². The second-order valence-corrected chi connectivity index (χ2v) is 4.95. The van der Waals surface area contributed by atoms with Crippen LogP contribution in [0.3, 0.4) is 0 Å². The molecule has 2 N–H and O–H groups in total. The van der Waals surface area contributed by atoms with Gasteiger partial charge < -0.3 is 15.2 Å². The predicted molar refractivity (Wildman–Crippen MR) is 82.1 cm³/mol. The smallest absolute Gasteiger partial charge is 0.255 e. The van der Waals surface area contributed by atoms with Crippen molar-refractivity contribution in [1.29, 1.82) is 0 Å². The van der Waals surface area contributed by atoms with Gasteiger partial charge in [0.2, 0.25) is 0 Å². The zero-order chi connectivity index (χ0) is 15.2. The Balaban J connectivity index is 1.94. The molecule has 5 heteroatoms. The molecule has 0 heterocycles. The molecular weight excluding hydrogens is 290 g/mol. The number of phenols is 1. The maximum Gasteiger partial charge on any atom is 0.255 e. The van der Waals surface area contributed by atoms with Crippen LogP contribution in [-0.4, -0.2) is 24.7 Å². The lowest BCUT2D eigenvalue weighted by Gasteiger charge is -2.08. The Hall–Kier alpha value is -2.20. The number of nitrogens with one attached hydrogen (secondary N) is 1. The first-order valence-electron chi connectivity index (χ1n) is 6.50. The van der Waals surface area contributed by atoms with Gasteiger partial charge in [0, 0.05) is 11.6 Å². The van der Waals surface area contributed by atoms with E-state index in [0.717, 1.165) is 5.56 Å². The number of rotatable bonds is 5. The van der Waals surface area contributed by atoms with E-state index in [1.165, 1.54) is 19.2 Å². The van der Waals surface area contributed by atoms with Crippen LogP contribution in [0, 0.1) is 0 Å². The summed E-state index contributed by atoms with van der Waals surface area (Å²) in [6.45, 7) is 0.469. The highest BCUT2D eigenvalue weighted by Crippen LogP contribution is 2.22. The number of methoxy groups -OCH3 is 1. The molecule has 2 rings (SSSR count). The van der Waals surface area contributed by atoms with Gasteiger partial charge in [-0.2, -0.15) is 0 Å². The first kappa shape index (κ1) is 15.2. The highest BCUT2D eigenvalue weighted by molar-refractivity contribution is 6.30. The minimum Gasteiger partial charge on any atom is -0.507 e. The van der Waals surface area contributed by atoms with Crippen LogP contribution in [0.4, 0.5) is 0 Å². The van der Waals surface area contributed by atoms with Gasteiger partial charge in [0.05, 0.1) is 12.7 Å². The summed E-state index contributed by atoms with van der Waals surface area (Å²) < 4.78 is 5.04. The number of hydrogen-bond donors (Lipinski definition) is 2. The van der Waals surface area contributed by atoms with Gasteiger partial charge in [-0.1, -0.05) is 23.7 Å². The molecule has 0 bridgehead atoms. The van der Waals surface area contributed by atoms with Gasteiger partial charge in [0.15, 0.2) is 0 Å². The van der Waals surface area contributed by atoms with Crippen molar-refractivity contribution in [2.45, 2.75) is 6.42 Å². The molecule has 0 unspecified atom stereocenters. The first-order valence-corrected chi connectivity index (χ1v) is 6.87. The number of carbonyl (C=O) groups is 1. The Bertz CT molecular complexity index is 626. The second-order valence-electron chi connectivity index (χ2n) is 4.52. The number of carbonyl (C=O) groups excluding carboxylic acids is 1. The Labute approximate surface area is 128 Å². The average Bonchev–Trinajstić information content (AvgIpc) is 2.49. The fourth-order valence-corrected chi connectivity index (χ4v) is 2.02. The first-order chi connectivity index (χ1) is 10.1. The summed E-state index contributed by atoms with van der Waals surface area (Å²) in [7, 11) is 1.51. The number of hydrogen-bond acceptors (Lipinski definition) is 3. The fourth-order valence-electron chi connectivity index (χ4n) is 1.89. The molecule has 0 aliphatic carbocycles. The summed E-state index contributed by atoms with van der Waals surface area (Å²) in [6, 6.07) is 12.0. The SMILES string of the molecule is COc1ccc(O)c(C(=O)NCCc2ccc(Cl)cc2)c1. The largest absolute Gasteiger partial charge is 0.507 e. The van der Waals surface area contributed by atoms with E-state index in [9.17, 15) is 9.90 Å². The van der Waals surface area contributed by atoms with Gasteiger partial charge in [-0.3, -0.25) is 4.79 Å². The third-order valence-corrected chi connectivity index (χ3v) is 3.31. The van der Waals surface area contributed by atoms with Crippen molar-refractivity contribution in [3.8, 4) is 11.5 Å². The van der Waals surface area contributed by atoms with Gasteiger partial charge in [0.25, 0.3) is 5.91 Å². The normalized spacial score (nSPS) is 10.2. The molecule has 0 aliphatic rings. The fraction of sp³-hybridized carbons (Fsp3) is 0.188. The highest BCUT2D eigenvalue weighted by atomic mass is 35.5. The van der Waals surface area contributed by atoms with E-state index in [0.29, 0.717) is 23.7 Å². The summed E-state index contributed by atoms with van der Waals surface area (Å²) >= 11 is 5.81. The topological polar surface area (TPSA) is 58.6 Å². The minimum atomic E-state index is -0.333. The van der Waals surface area contributed by atoms with E-state index in [2.05, 4.69) is 5.32 Å². The molecule has 0 spiro atoms. The Morgan fingerprint density at radius 1 is 1.24 bits per heavy atom. The second kappa shape index (κ2) is 6.99. The van der Waals surface area contributed by atoms with Crippen molar-refractivity contribution in [3.05, 3.63) is 58.6 Å². The van der Waals surface area contributed by atoms with E-state index in [1.54, 1.807) is 6.07 Å². The van der Waals surface area contributed by atoms with Crippen LogP contribution in [0.1, 0.15) is 15.9 Å². The van der Waals surface area contributed by atoms with Crippen LogP contribution in [0.2, 0.25) is 5.02 Å². The van der Waals surface area contributed by atoms with Crippen LogP contribution in [0.15, 0.2) is 42.5 Å². The molecule has 2 aromatic carbocycles. The minimum absolute atomic E-state index is 0.0696. The maximum atomic E-state index is 12.0. The molecule has 0 saturated heterocycles. The van der Waals surface area contributed by atoms with Crippen LogP contribution in [0.25, 0.3) is 0 Å². The molecule has 1 amide bonds. The van der Waals surface area contributed by atoms with E-state index in [-0.39, 0.29) is 17.2 Å². The van der Waals surface area contributed by atoms with Crippen LogP contribution < -0.4 is 10.1 Å². The molecular formula is C16H16ClNO3. The van der Waals surface area contributed by atoms with Crippen molar-refractivity contribution in [2.75, 3.05) is 13.7 Å². The van der Waals surface area contributed by atoms with Gasteiger partial charge in [0.1, 0.15) is 11.5 Å². The molecule has 4 nitrogen and oxygen atoms in total. The summed E-state index contributed by atoms with van der Waals surface area (Å²) in [6.07, 6.45) is 0.688. The standard InChI is InChI=1S/C16H16ClNO3/c1-21-13-6-7-15(19)14(10-13)16(20)18-9-8-11-2-4-12(17)5-3-11/h2-7,10,19H,8-9H2,1H3,(H,18,20). The number of amides is 1. The highest BCUT2D eigenvalue weighted by Gasteiger charge is 2.11. The van der Waals surface area contributed by atoms with Gasteiger partial charge in [-0.25, -0.2) is 0 Å². The third-order valence-electron chi connectivity index (χ3n) is 3.06. The van der Waals surface area contributed by atoms with Gasteiger partial charge in [-0.05, 0) is 42.3 Å². The number of halogens is 1. The molecule has 0 aliphatic heterocycles. The lowest BCUT2D eigenvalue weighted by Crippen LogP contribution is -2.25. The summed E-state index contributed by atoms with van der Waals surface area (Å²) in [5.41, 5.74) is 1.28. The van der Waals surface area contributed by atoms with E-state index < -0.39 is 0 Å². The van der Waals surface area contributed by atoms with E-state index in [1.807, 2.05) is 24.3 Å². The third kappa shape index (κ3) is 4.13.